The van der Waals surface area contributed by atoms with E-state index in [0.29, 0.717) is 16.9 Å². The molecule has 114 valence electrons. The summed E-state index contributed by atoms with van der Waals surface area (Å²) in [5.74, 6) is 0.118. The summed E-state index contributed by atoms with van der Waals surface area (Å²) in [7, 11) is 0. The Bertz CT molecular complexity index is 872. The molecule has 3 rings (SSSR count). The number of fused-ring (bicyclic) bond motifs is 1. The molecular weight excluding hydrogens is 350 g/mol. The highest BCUT2D eigenvalue weighted by atomic mass is 79.9. The summed E-state index contributed by atoms with van der Waals surface area (Å²) >= 11 is 3.27. The maximum Gasteiger partial charge on any atom is 0.283 e. The number of nitrogen functional groups attached to an aromatic ring is 1. The predicted molar refractivity (Wildman–Crippen MR) is 86.5 cm³/mol. The van der Waals surface area contributed by atoms with Gasteiger partial charge in [-0.05, 0) is 21.5 Å². The largest absolute Gasteiger partial charge is 0.395 e. The minimum Gasteiger partial charge on any atom is -0.395 e. The average molecular weight is 364 g/mol. The van der Waals surface area contributed by atoms with Gasteiger partial charge in [0.15, 0.2) is 15.9 Å². The molecule has 0 bridgehead atoms. The summed E-state index contributed by atoms with van der Waals surface area (Å²) in [5, 5.41) is 9.10. The Morgan fingerprint density at radius 2 is 1.91 bits per heavy atom. The lowest BCUT2D eigenvalue weighted by Crippen LogP contribution is -2.25. The highest BCUT2D eigenvalue weighted by molar-refractivity contribution is 9.10. The van der Waals surface area contributed by atoms with Crippen LogP contribution in [0.2, 0.25) is 0 Å². The number of hydrogen-bond donors (Lipinski definition) is 2. The molecule has 0 aliphatic rings. The third kappa shape index (κ3) is 2.51. The molecule has 0 aliphatic carbocycles. The lowest BCUT2D eigenvalue weighted by atomic mass is 10.2. The quantitative estimate of drug-likeness (QED) is 0.673. The van der Waals surface area contributed by atoms with Gasteiger partial charge in [-0.3, -0.25) is 9.36 Å². The third-order valence-electron chi connectivity index (χ3n) is 3.35. The summed E-state index contributed by atoms with van der Waals surface area (Å²) in [6.07, 6.45) is 0. The molecular formula is C14H14BrN5O2. The highest BCUT2D eigenvalue weighted by Crippen LogP contribution is 2.17. The first-order valence-corrected chi connectivity index (χ1v) is 7.48. The number of benzene rings is 1. The Morgan fingerprint density at radius 1 is 1.18 bits per heavy atom. The summed E-state index contributed by atoms with van der Waals surface area (Å²) in [4.78, 5) is 21.1. The van der Waals surface area contributed by atoms with E-state index in [-0.39, 0.29) is 30.2 Å². The maximum atomic E-state index is 12.6. The Kier molecular flexibility index (Phi) is 3.95. The first kappa shape index (κ1) is 14.7. The maximum absolute atomic E-state index is 12.6. The van der Waals surface area contributed by atoms with E-state index in [4.69, 9.17) is 10.8 Å². The van der Waals surface area contributed by atoms with E-state index < -0.39 is 0 Å². The van der Waals surface area contributed by atoms with Crippen molar-refractivity contribution in [3.63, 3.8) is 0 Å². The molecule has 2 aromatic heterocycles. The number of aliphatic hydroxyl groups excluding tert-OH is 1. The van der Waals surface area contributed by atoms with Crippen molar-refractivity contribution >= 4 is 33.0 Å². The second-order valence-corrected chi connectivity index (χ2v) is 5.48. The molecule has 22 heavy (non-hydrogen) atoms. The van der Waals surface area contributed by atoms with Gasteiger partial charge in [-0.25, -0.2) is 4.98 Å². The van der Waals surface area contributed by atoms with Crippen molar-refractivity contribution < 1.29 is 5.11 Å². The highest BCUT2D eigenvalue weighted by Gasteiger charge is 2.17. The number of halogens is 1. The van der Waals surface area contributed by atoms with Crippen LogP contribution in [0.4, 0.5) is 5.95 Å². The molecule has 0 atom stereocenters. The summed E-state index contributed by atoms with van der Waals surface area (Å²) in [6, 6.07) is 9.53. The fourth-order valence-electron chi connectivity index (χ4n) is 2.29. The zero-order valence-electron chi connectivity index (χ0n) is 11.6. The van der Waals surface area contributed by atoms with Crippen LogP contribution in [0.25, 0.3) is 11.2 Å². The van der Waals surface area contributed by atoms with E-state index in [1.165, 1.54) is 4.57 Å². The van der Waals surface area contributed by atoms with E-state index in [1.807, 2.05) is 30.3 Å². The Morgan fingerprint density at radius 3 is 2.59 bits per heavy atom. The van der Waals surface area contributed by atoms with Gasteiger partial charge in [0.25, 0.3) is 5.56 Å². The van der Waals surface area contributed by atoms with Crippen molar-refractivity contribution in [2.45, 2.75) is 13.1 Å². The molecule has 0 unspecified atom stereocenters. The molecule has 7 nitrogen and oxygen atoms in total. The topological polar surface area (TPSA) is 99.0 Å². The molecule has 0 saturated carbocycles. The van der Waals surface area contributed by atoms with Crippen LogP contribution in [-0.4, -0.2) is 30.8 Å². The SMILES string of the molecule is Nc1nc2c(nc(Br)n2CCO)c(=O)n1Cc1ccccc1. The van der Waals surface area contributed by atoms with Crippen LogP contribution >= 0.6 is 15.9 Å². The van der Waals surface area contributed by atoms with E-state index in [2.05, 4.69) is 25.9 Å². The van der Waals surface area contributed by atoms with Crippen LogP contribution in [0.15, 0.2) is 39.9 Å². The van der Waals surface area contributed by atoms with E-state index in [1.54, 1.807) is 4.57 Å². The van der Waals surface area contributed by atoms with Crippen LogP contribution in [0.1, 0.15) is 5.56 Å². The summed E-state index contributed by atoms with van der Waals surface area (Å²) in [6.45, 7) is 0.531. The van der Waals surface area contributed by atoms with Crippen molar-refractivity contribution in [3.8, 4) is 0 Å². The normalized spacial score (nSPS) is 11.2. The van der Waals surface area contributed by atoms with E-state index in [9.17, 15) is 4.79 Å². The molecule has 0 spiro atoms. The average Bonchev–Trinajstić information content (AvgIpc) is 2.82. The van der Waals surface area contributed by atoms with Gasteiger partial charge in [0, 0.05) is 6.54 Å². The number of aliphatic hydroxyl groups is 1. The molecule has 3 N–H and O–H groups in total. The van der Waals surface area contributed by atoms with Gasteiger partial charge in [-0.2, -0.15) is 4.98 Å². The molecule has 0 amide bonds. The van der Waals surface area contributed by atoms with E-state index in [0.717, 1.165) is 5.56 Å². The number of anilines is 1. The standard InChI is InChI=1S/C14H14BrN5O2/c15-13-17-10-11(19(13)6-7-21)18-14(16)20(12(10)22)8-9-4-2-1-3-5-9/h1-5,21H,6-8H2,(H2,16,18). The number of aromatic nitrogens is 4. The van der Waals surface area contributed by atoms with Crippen LogP contribution in [0, 0.1) is 0 Å². The molecule has 1 aromatic carbocycles. The second-order valence-electron chi connectivity index (χ2n) is 4.78. The first-order chi connectivity index (χ1) is 10.6. The number of nitrogens with two attached hydrogens (primary N) is 1. The van der Waals surface area contributed by atoms with Gasteiger partial charge in [-0.1, -0.05) is 30.3 Å². The zero-order valence-corrected chi connectivity index (χ0v) is 13.2. The number of nitrogens with zero attached hydrogens (tertiary/aromatic N) is 4. The minimum atomic E-state index is -0.302. The van der Waals surface area contributed by atoms with E-state index >= 15 is 0 Å². The lowest BCUT2D eigenvalue weighted by molar-refractivity contribution is 0.276. The zero-order chi connectivity index (χ0) is 15.7. The molecule has 3 aromatic rings. The predicted octanol–water partition coefficient (Wildman–Crippen LogP) is 0.978. The molecule has 2 heterocycles. The molecule has 0 fully saturated rings. The second kappa shape index (κ2) is 5.90. The first-order valence-electron chi connectivity index (χ1n) is 6.68. The number of rotatable bonds is 4. The van der Waals surface area contributed by atoms with Crippen molar-refractivity contribution in [1.29, 1.82) is 0 Å². The Balaban J connectivity index is 2.15. The number of imidazole rings is 1. The fourth-order valence-corrected chi connectivity index (χ4v) is 2.81. The van der Waals surface area contributed by atoms with Crippen molar-refractivity contribution in [2.24, 2.45) is 0 Å². The fraction of sp³-hybridized carbons (Fsp3) is 0.214. The van der Waals surface area contributed by atoms with Crippen LogP contribution in [0.5, 0.6) is 0 Å². The third-order valence-corrected chi connectivity index (χ3v) is 3.95. The Labute approximate surface area is 134 Å². The van der Waals surface area contributed by atoms with Gasteiger partial charge >= 0.3 is 0 Å². The van der Waals surface area contributed by atoms with Crippen molar-refractivity contribution in [2.75, 3.05) is 12.3 Å². The monoisotopic (exact) mass is 363 g/mol. The number of hydrogen-bond acceptors (Lipinski definition) is 5. The molecule has 0 radical (unpaired) electrons. The molecule has 0 saturated heterocycles. The van der Waals surface area contributed by atoms with Gasteiger partial charge < -0.3 is 15.4 Å². The summed E-state index contributed by atoms with van der Waals surface area (Å²) < 4.78 is 3.44. The van der Waals surface area contributed by atoms with Crippen molar-refractivity contribution in [3.05, 3.63) is 51.0 Å². The Hall–Kier alpha value is -2.19. The van der Waals surface area contributed by atoms with Crippen LogP contribution < -0.4 is 11.3 Å². The van der Waals surface area contributed by atoms with Crippen LogP contribution in [-0.2, 0) is 13.1 Å². The van der Waals surface area contributed by atoms with Gasteiger partial charge in [0.2, 0.25) is 5.95 Å². The smallest absolute Gasteiger partial charge is 0.283 e. The van der Waals surface area contributed by atoms with Gasteiger partial charge in [0.05, 0.1) is 13.2 Å². The lowest BCUT2D eigenvalue weighted by Gasteiger charge is -2.09. The van der Waals surface area contributed by atoms with Gasteiger partial charge in [-0.15, -0.1) is 0 Å². The molecule has 8 heteroatoms. The summed E-state index contributed by atoms with van der Waals surface area (Å²) in [5.41, 5.74) is 7.19. The molecule has 0 aliphatic heterocycles. The van der Waals surface area contributed by atoms with Crippen molar-refractivity contribution in [1.82, 2.24) is 19.1 Å². The van der Waals surface area contributed by atoms with Gasteiger partial charge in [0.1, 0.15) is 0 Å². The van der Waals surface area contributed by atoms with Crippen LogP contribution in [0.3, 0.4) is 0 Å². The minimum absolute atomic E-state index is 0.0846.